The number of nitrogens with zero attached hydrogens (tertiary/aromatic N) is 1. The van der Waals surface area contributed by atoms with E-state index in [-0.39, 0.29) is 10.6 Å². The van der Waals surface area contributed by atoms with Crippen molar-refractivity contribution in [3.8, 4) is 11.5 Å². The summed E-state index contributed by atoms with van der Waals surface area (Å²) >= 11 is 0. The average Bonchev–Trinajstić information content (AvgIpc) is 3.29. The third kappa shape index (κ3) is 4.68. The standard InChI is InChI=1S/C28H24N2O6S/c1-34-25-15-13-20(17-27(25)35-2)30(37(32,33)21-8-4-3-5-9-21)18-28(31)29-19-12-14-23-22-10-6-7-11-24(22)36-26(23)16-19/h3-17H,18H2,1-2H3,(H,29,31). The van der Waals surface area contributed by atoms with Crippen LogP contribution in [0.1, 0.15) is 0 Å². The van der Waals surface area contributed by atoms with Gasteiger partial charge in [0.1, 0.15) is 17.7 Å². The normalized spacial score (nSPS) is 11.4. The highest BCUT2D eigenvalue weighted by atomic mass is 32.2. The highest BCUT2D eigenvalue weighted by molar-refractivity contribution is 7.92. The number of amides is 1. The Labute approximate surface area is 214 Å². The van der Waals surface area contributed by atoms with Gasteiger partial charge in [-0.15, -0.1) is 0 Å². The number of nitrogens with one attached hydrogen (secondary N) is 1. The molecule has 1 N–H and O–H groups in total. The molecular formula is C28H24N2O6S. The van der Waals surface area contributed by atoms with E-state index >= 15 is 0 Å². The van der Waals surface area contributed by atoms with Gasteiger partial charge in [-0.05, 0) is 42.5 Å². The lowest BCUT2D eigenvalue weighted by Gasteiger charge is -2.25. The topological polar surface area (TPSA) is 98.1 Å². The summed E-state index contributed by atoms with van der Waals surface area (Å²) in [4.78, 5) is 13.2. The summed E-state index contributed by atoms with van der Waals surface area (Å²) in [7, 11) is -1.14. The molecule has 0 saturated carbocycles. The van der Waals surface area contributed by atoms with Crippen LogP contribution in [0.3, 0.4) is 0 Å². The van der Waals surface area contributed by atoms with Crippen LogP contribution in [0.15, 0.2) is 100 Å². The van der Waals surface area contributed by atoms with Gasteiger partial charge in [-0.3, -0.25) is 9.10 Å². The number of sulfonamides is 1. The predicted molar refractivity (Wildman–Crippen MR) is 143 cm³/mol. The second-order valence-corrected chi connectivity index (χ2v) is 10.1. The Balaban J connectivity index is 1.47. The maximum Gasteiger partial charge on any atom is 0.264 e. The molecule has 0 spiro atoms. The second kappa shape index (κ2) is 9.87. The molecule has 1 heterocycles. The van der Waals surface area contributed by atoms with Gasteiger partial charge in [0.2, 0.25) is 5.91 Å². The molecule has 37 heavy (non-hydrogen) atoms. The zero-order chi connectivity index (χ0) is 26.0. The summed E-state index contributed by atoms with van der Waals surface area (Å²) in [5, 5.41) is 4.69. The van der Waals surface area contributed by atoms with Crippen LogP contribution in [0.25, 0.3) is 21.9 Å². The van der Waals surface area contributed by atoms with Crippen molar-refractivity contribution in [1.29, 1.82) is 0 Å². The zero-order valence-electron chi connectivity index (χ0n) is 20.2. The van der Waals surface area contributed by atoms with Crippen molar-refractivity contribution in [2.45, 2.75) is 4.90 Å². The molecular weight excluding hydrogens is 492 g/mol. The molecule has 9 heteroatoms. The van der Waals surface area contributed by atoms with Gasteiger partial charge < -0.3 is 19.2 Å². The van der Waals surface area contributed by atoms with Gasteiger partial charge in [0.15, 0.2) is 11.5 Å². The summed E-state index contributed by atoms with van der Waals surface area (Å²) in [5.74, 6) is 0.251. The fourth-order valence-corrected chi connectivity index (χ4v) is 5.58. The number of methoxy groups -OCH3 is 2. The number of carbonyl (C=O) groups excluding carboxylic acids is 1. The Kier molecular flexibility index (Phi) is 6.45. The first-order valence-electron chi connectivity index (χ1n) is 11.4. The summed E-state index contributed by atoms with van der Waals surface area (Å²) in [5.41, 5.74) is 2.10. The Morgan fingerprint density at radius 2 is 1.51 bits per heavy atom. The molecule has 4 aromatic carbocycles. The first-order chi connectivity index (χ1) is 17.9. The van der Waals surface area contributed by atoms with Crippen molar-refractivity contribution < 1.29 is 27.1 Å². The number of para-hydroxylation sites is 1. The molecule has 1 amide bonds. The number of fused-ring (bicyclic) bond motifs is 3. The van der Waals surface area contributed by atoms with Gasteiger partial charge in [0.25, 0.3) is 10.0 Å². The lowest BCUT2D eigenvalue weighted by molar-refractivity contribution is -0.114. The Morgan fingerprint density at radius 3 is 2.27 bits per heavy atom. The molecule has 0 radical (unpaired) electrons. The fraction of sp³-hybridized carbons (Fsp3) is 0.107. The monoisotopic (exact) mass is 516 g/mol. The van der Waals surface area contributed by atoms with E-state index in [0.717, 1.165) is 20.7 Å². The van der Waals surface area contributed by atoms with E-state index in [4.69, 9.17) is 13.9 Å². The van der Waals surface area contributed by atoms with Crippen LogP contribution in [0.4, 0.5) is 11.4 Å². The predicted octanol–water partition coefficient (Wildman–Crippen LogP) is 5.44. The number of anilines is 2. The van der Waals surface area contributed by atoms with E-state index < -0.39 is 22.5 Å². The zero-order valence-corrected chi connectivity index (χ0v) is 21.0. The van der Waals surface area contributed by atoms with Crippen LogP contribution in [-0.4, -0.2) is 35.1 Å². The summed E-state index contributed by atoms with van der Waals surface area (Å²) in [6, 6.07) is 25.6. The molecule has 0 aliphatic carbocycles. The van der Waals surface area contributed by atoms with Gasteiger partial charge in [0, 0.05) is 28.6 Å². The first kappa shape index (κ1) is 24.2. The molecule has 5 rings (SSSR count). The number of benzene rings is 4. The number of carbonyl (C=O) groups is 1. The fourth-order valence-electron chi connectivity index (χ4n) is 4.15. The molecule has 0 saturated heterocycles. The van der Waals surface area contributed by atoms with Gasteiger partial charge >= 0.3 is 0 Å². The van der Waals surface area contributed by atoms with E-state index in [9.17, 15) is 13.2 Å². The maximum atomic E-state index is 13.6. The third-order valence-electron chi connectivity index (χ3n) is 5.94. The van der Waals surface area contributed by atoms with Gasteiger partial charge in [-0.1, -0.05) is 36.4 Å². The Hall–Kier alpha value is -4.50. The van der Waals surface area contributed by atoms with Crippen molar-refractivity contribution >= 4 is 49.2 Å². The molecule has 1 aromatic heterocycles. The molecule has 0 aliphatic rings. The van der Waals surface area contributed by atoms with Crippen molar-refractivity contribution in [1.82, 2.24) is 0 Å². The number of furan rings is 1. The highest BCUT2D eigenvalue weighted by Gasteiger charge is 2.28. The van der Waals surface area contributed by atoms with Crippen LogP contribution >= 0.6 is 0 Å². The van der Waals surface area contributed by atoms with E-state index in [1.54, 1.807) is 42.5 Å². The van der Waals surface area contributed by atoms with Crippen LogP contribution in [0.2, 0.25) is 0 Å². The summed E-state index contributed by atoms with van der Waals surface area (Å²) in [6.07, 6.45) is 0. The minimum atomic E-state index is -4.08. The van der Waals surface area contributed by atoms with Crippen molar-refractivity contribution in [3.63, 3.8) is 0 Å². The molecule has 0 unspecified atom stereocenters. The summed E-state index contributed by atoms with van der Waals surface area (Å²) < 4.78 is 44.8. The second-order valence-electron chi connectivity index (χ2n) is 8.22. The summed E-state index contributed by atoms with van der Waals surface area (Å²) in [6.45, 7) is -0.467. The van der Waals surface area contributed by atoms with Crippen LogP contribution < -0.4 is 19.1 Å². The van der Waals surface area contributed by atoms with Crippen LogP contribution in [0, 0.1) is 0 Å². The third-order valence-corrected chi connectivity index (χ3v) is 7.72. The molecule has 188 valence electrons. The molecule has 0 atom stereocenters. The lowest BCUT2D eigenvalue weighted by Crippen LogP contribution is -2.38. The Bertz CT molecular complexity index is 1700. The molecule has 0 bridgehead atoms. The van der Waals surface area contributed by atoms with Crippen LogP contribution in [0.5, 0.6) is 11.5 Å². The van der Waals surface area contributed by atoms with Gasteiger partial charge in [-0.25, -0.2) is 8.42 Å². The molecule has 0 aliphatic heterocycles. The maximum absolute atomic E-state index is 13.6. The highest BCUT2D eigenvalue weighted by Crippen LogP contribution is 2.34. The van der Waals surface area contributed by atoms with E-state index in [2.05, 4.69) is 5.32 Å². The minimum absolute atomic E-state index is 0.0567. The SMILES string of the molecule is COc1ccc(N(CC(=O)Nc2ccc3c(c2)oc2ccccc23)S(=O)(=O)c2ccccc2)cc1OC. The van der Waals surface area contributed by atoms with Crippen LogP contribution in [-0.2, 0) is 14.8 Å². The lowest BCUT2D eigenvalue weighted by atomic mass is 10.1. The van der Waals surface area contributed by atoms with Crippen molar-refractivity contribution in [2.24, 2.45) is 0 Å². The average molecular weight is 517 g/mol. The molecule has 0 fully saturated rings. The minimum Gasteiger partial charge on any atom is -0.493 e. The Morgan fingerprint density at radius 1 is 0.811 bits per heavy atom. The smallest absolute Gasteiger partial charge is 0.264 e. The molecule has 5 aromatic rings. The number of rotatable bonds is 8. The largest absolute Gasteiger partial charge is 0.493 e. The van der Waals surface area contributed by atoms with Gasteiger partial charge in [0.05, 0.1) is 24.8 Å². The number of ether oxygens (including phenoxy) is 2. The van der Waals surface area contributed by atoms with Crippen molar-refractivity contribution in [2.75, 3.05) is 30.4 Å². The van der Waals surface area contributed by atoms with E-state index in [1.165, 1.54) is 32.4 Å². The number of hydrogen-bond donors (Lipinski definition) is 1. The van der Waals surface area contributed by atoms with Gasteiger partial charge in [-0.2, -0.15) is 0 Å². The first-order valence-corrected chi connectivity index (χ1v) is 12.9. The quantitative estimate of drug-likeness (QED) is 0.295. The van der Waals surface area contributed by atoms with Crippen molar-refractivity contribution in [3.05, 3.63) is 91.0 Å². The molecule has 8 nitrogen and oxygen atoms in total. The van der Waals surface area contributed by atoms with E-state index in [0.29, 0.717) is 22.8 Å². The van der Waals surface area contributed by atoms with E-state index in [1.807, 2.05) is 30.3 Å². The number of hydrogen-bond acceptors (Lipinski definition) is 6.